The van der Waals surface area contributed by atoms with Gasteiger partial charge in [-0.05, 0) is 49.8 Å². The highest BCUT2D eigenvalue weighted by Crippen LogP contribution is 2.24. The van der Waals surface area contributed by atoms with Crippen LogP contribution >= 0.6 is 0 Å². The zero-order valence-corrected chi connectivity index (χ0v) is 11.6. The van der Waals surface area contributed by atoms with Crippen LogP contribution in [-0.2, 0) is 6.42 Å². The van der Waals surface area contributed by atoms with E-state index in [1.165, 1.54) is 43.2 Å². The first-order valence-corrected chi connectivity index (χ1v) is 7.63. The average Bonchev–Trinajstić information content (AvgIpc) is 3.34. The van der Waals surface area contributed by atoms with E-state index in [4.69, 9.17) is 5.73 Å². The SMILES string of the molecule is NC1CC1.c1ccc2c(c1)CCNC2CNC1CC1. The third-order valence-electron chi connectivity index (χ3n) is 4.03. The van der Waals surface area contributed by atoms with Crippen LogP contribution in [0.1, 0.15) is 42.9 Å². The van der Waals surface area contributed by atoms with Gasteiger partial charge in [0.1, 0.15) is 0 Å². The van der Waals surface area contributed by atoms with Crippen LogP contribution in [0.2, 0.25) is 0 Å². The molecule has 2 saturated carbocycles. The second kappa shape index (κ2) is 6.04. The van der Waals surface area contributed by atoms with Crippen molar-refractivity contribution in [3.63, 3.8) is 0 Å². The summed E-state index contributed by atoms with van der Waals surface area (Å²) in [6.07, 6.45) is 6.44. The Balaban J connectivity index is 0.000000237. The van der Waals surface area contributed by atoms with Gasteiger partial charge < -0.3 is 16.4 Å². The van der Waals surface area contributed by atoms with E-state index in [1.807, 2.05) is 0 Å². The van der Waals surface area contributed by atoms with Crippen LogP contribution in [0.4, 0.5) is 0 Å². The maximum Gasteiger partial charge on any atom is 0.0449 e. The van der Waals surface area contributed by atoms with Crippen LogP contribution in [0.3, 0.4) is 0 Å². The predicted molar refractivity (Wildman–Crippen MR) is 79.1 cm³/mol. The van der Waals surface area contributed by atoms with Crippen molar-refractivity contribution in [2.24, 2.45) is 5.73 Å². The molecular formula is C16H25N3. The van der Waals surface area contributed by atoms with Gasteiger partial charge in [0.2, 0.25) is 0 Å². The Morgan fingerprint density at radius 3 is 2.58 bits per heavy atom. The predicted octanol–water partition coefficient (Wildman–Crippen LogP) is 1.73. The summed E-state index contributed by atoms with van der Waals surface area (Å²) in [6.45, 7) is 2.20. The molecule has 0 radical (unpaired) electrons. The molecule has 1 atom stereocenters. The molecule has 0 amide bonds. The minimum atomic E-state index is 0.524. The quantitative estimate of drug-likeness (QED) is 0.775. The summed E-state index contributed by atoms with van der Waals surface area (Å²) in [6, 6.07) is 10.7. The molecule has 0 spiro atoms. The Morgan fingerprint density at radius 2 is 1.89 bits per heavy atom. The molecule has 19 heavy (non-hydrogen) atoms. The Morgan fingerprint density at radius 1 is 1.16 bits per heavy atom. The van der Waals surface area contributed by atoms with Crippen molar-refractivity contribution in [2.75, 3.05) is 13.1 Å². The highest BCUT2D eigenvalue weighted by atomic mass is 15.0. The second-order valence-corrected chi connectivity index (χ2v) is 5.98. The van der Waals surface area contributed by atoms with Crippen molar-refractivity contribution in [2.45, 2.75) is 50.2 Å². The highest BCUT2D eigenvalue weighted by molar-refractivity contribution is 5.32. The van der Waals surface area contributed by atoms with Gasteiger partial charge in [0, 0.05) is 24.7 Å². The molecular weight excluding hydrogens is 234 g/mol. The lowest BCUT2D eigenvalue weighted by Gasteiger charge is -2.27. The van der Waals surface area contributed by atoms with Gasteiger partial charge in [0.15, 0.2) is 0 Å². The lowest BCUT2D eigenvalue weighted by atomic mass is 9.94. The van der Waals surface area contributed by atoms with Crippen LogP contribution < -0.4 is 16.4 Å². The van der Waals surface area contributed by atoms with E-state index in [1.54, 1.807) is 0 Å². The Bertz CT molecular complexity index is 410. The standard InChI is InChI=1S/C13H18N2.C3H7N/c1-2-4-12-10(3-1)7-8-14-13(12)9-15-11-5-6-11;4-3-1-2-3/h1-4,11,13-15H,5-9H2;3H,1-2,4H2. The highest BCUT2D eigenvalue weighted by Gasteiger charge is 2.24. The molecule has 1 aromatic carbocycles. The van der Waals surface area contributed by atoms with Crippen molar-refractivity contribution in [1.82, 2.24) is 10.6 Å². The van der Waals surface area contributed by atoms with E-state index in [-0.39, 0.29) is 0 Å². The van der Waals surface area contributed by atoms with E-state index in [9.17, 15) is 0 Å². The molecule has 4 N–H and O–H groups in total. The second-order valence-electron chi connectivity index (χ2n) is 5.98. The summed E-state index contributed by atoms with van der Waals surface area (Å²) in [4.78, 5) is 0. The maximum atomic E-state index is 5.22. The van der Waals surface area contributed by atoms with Crippen LogP contribution in [0.5, 0.6) is 0 Å². The van der Waals surface area contributed by atoms with Gasteiger partial charge in [-0.3, -0.25) is 0 Å². The van der Waals surface area contributed by atoms with Gasteiger partial charge in [0.25, 0.3) is 0 Å². The smallest absolute Gasteiger partial charge is 0.0449 e. The first-order chi connectivity index (χ1) is 9.33. The number of hydrogen-bond donors (Lipinski definition) is 3. The summed E-state index contributed by atoms with van der Waals surface area (Å²) in [7, 11) is 0. The number of hydrogen-bond acceptors (Lipinski definition) is 3. The largest absolute Gasteiger partial charge is 0.328 e. The summed E-state index contributed by atoms with van der Waals surface area (Å²) >= 11 is 0. The minimum absolute atomic E-state index is 0.524. The van der Waals surface area contributed by atoms with Crippen molar-refractivity contribution in [3.05, 3.63) is 35.4 Å². The lowest BCUT2D eigenvalue weighted by molar-refractivity contribution is 0.467. The van der Waals surface area contributed by atoms with E-state index in [0.29, 0.717) is 12.1 Å². The minimum Gasteiger partial charge on any atom is -0.328 e. The van der Waals surface area contributed by atoms with Gasteiger partial charge in [-0.25, -0.2) is 0 Å². The summed E-state index contributed by atoms with van der Waals surface area (Å²) in [5.74, 6) is 0. The van der Waals surface area contributed by atoms with E-state index < -0.39 is 0 Å². The van der Waals surface area contributed by atoms with Gasteiger partial charge in [0.05, 0.1) is 0 Å². The lowest BCUT2D eigenvalue weighted by Crippen LogP contribution is -2.37. The number of nitrogens with two attached hydrogens (primary N) is 1. The molecule has 1 aliphatic heterocycles. The molecule has 2 aliphatic carbocycles. The molecule has 0 aromatic heterocycles. The van der Waals surface area contributed by atoms with Crippen LogP contribution in [0.25, 0.3) is 0 Å². The molecule has 0 saturated heterocycles. The fourth-order valence-corrected chi connectivity index (χ4v) is 2.44. The van der Waals surface area contributed by atoms with E-state index in [0.717, 1.165) is 19.1 Å². The van der Waals surface area contributed by atoms with Gasteiger partial charge in [-0.1, -0.05) is 24.3 Å². The normalized spacial score (nSPS) is 25.2. The Kier molecular flexibility index (Phi) is 4.16. The van der Waals surface area contributed by atoms with Gasteiger partial charge >= 0.3 is 0 Å². The van der Waals surface area contributed by atoms with Crippen molar-refractivity contribution in [1.29, 1.82) is 0 Å². The average molecular weight is 259 g/mol. The Labute approximate surface area is 116 Å². The summed E-state index contributed by atoms with van der Waals surface area (Å²) < 4.78 is 0. The topological polar surface area (TPSA) is 50.1 Å². The third kappa shape index (κ3) is 4.03. The molecule has 104 valence electrons. The first kappa shape index (κ1) is 13.1. The molecule has 3 heteroatoms. The summed E-state index contributed by atoms with van der Waals surface area (Å²) in [5, 5.41) is 7.20. The van der Waals surface area contributed by atoms with E-state index in [2.05, 4.69) is 34.9 Å². The zero-order chi connectivity index (χ0) is 13.1. The zero-order valence-electron chi connectivity index (χ0n) is 11.6. The van der Waals surface area contributed by atoms with Gasteiger partial charge in [-0.15, -0.1) is 0 Å². The first-order valence-electron chi connectivity index (χ1n) is 7.63. The number of rotatable bonds is 3. The van der Waals surface area contributed by atoms with Crippen molar-refractivity contribution in [3.8, 4) is 0 Å². The molecule has 0 bridgehead atoms. The monoisotopic (exact) mass is 259 g/mol. The van der Waals surface area contributed by atoms with Gasteiger partial charge in [-0.2, -0.15) is 0 Å². The fourth-order valence-electron chi connectivity index (χ4n) is 2.44. The number of nitrogens with one attached hydrogen (secondary N) is 2. The number of benzene rings is 1. The number of fused-ring (bicyclic) bond motifs is 1. The van der Waals surface area contributed by atoms with Crippen molar-refractivity contribution < 1.29 is 0 Å². The molecule has 4 rings (SSSR count). The maximum absolute atomic E-state index is 5.22. The summed E-state index contributed by atoms with van der Waals surface area (Å²) in [5.41, 5.74) is 8.25. The van der Waals surface area contributed by atoms with Crippen molar-refractivity contribution >= 4 is 0 Å². The third-order valence-corrected chi connectivity index (χ3v) is 4.03. The molecule has 2 fully saturated rings. The molecule has 1 heterocycles. The molecule has 1 aromatic rings. The van der Waals surface area contributed by atoms with E-state index >= 15 is 0 Å². The Hall–Kier alpha value is -0.900. The van der Waals surface area contributed by atoms with Crippen LogP contribution in [0, 0.1) is 0 Å². The molecule has 1 unspecified atom stereocenters. The van der Waals surface area contributed by atoms with Crippen LogP contribution in [0.15, 0.2) is 24.3 Å². The van der Waals surface area contributed by atoms with Crippen LogP contribution in [-0.4, -0.2) is 25.2 Å². The molecule has 3 aliphatic rings. The molecule has 3 nitrogen and oxygen atoms in total. The fraction of sp³-hybridized carbons (Fsp3) is 0.625.